The zero-order valence-electron chi connectivity index (χ0n) is 4.81. The van der Waals surface area contributed by atoms with Crippen molar-refractivity contribution in [2.45, 2.75) is 0 Å². The van der Waals surface area contributed by atoms with Crippen molar-refractivity contribution in [3.8, 4) is 0 Å². The van der Waals surface area contributed by atoms with Crippen molar-refractivity contribution in [1.82, 2.24) is 5.32 Å². The molecule has 0 fully saturated rings. The Kier molecular flexibility index (Phi) is 1.62. The molecule has 1 aliphatic heterocycles. The van der Waals surface area contributed by atoms with Crippen LogP contribution in [0.3, 0.4) is 0 Å². The lowest BCUT2D eigenvalue weighted by Gasteiger charge is -2.13. The van der Waals surface area contributed by atoms with Crippen molar-refractivity contribution < 1.29 is 9.47 Å². The lowest BCUT2D eigenvalue weighted by molar-refractivity contribution is 0.163. The van der Waals surface area contributed by atoms with Gasteiger partial charge in [-0.25, -0.2) is 0 Å². The Bertz CT molecular complexity index is 101. The van der Waals surface area contributed by atoms with Crippen molar-refractivity contribution in [2.75, 3.05) is 20.3 Å². The van der Waals surface area contributed by atoms with E-state index in [2.05, 4.69) is 5.32 Å². The van der Waals surface area contributed by atoms with Crippen LogP contribution in [0.2, 0.25) is 0 Å². The van der Waals surface area contributed by atoms with Crippen molar-refractivity contribution in [3.63, 3.8) is 0 Å². The molecule has 1 aliphatic rings. The Labute approximate surface area is 48.3 Å². The van der Waals surface area contributed by atoms with Crippen molar-refractivity contribution in [1.29, 1.82) is 0 Å². The third-order valence-corrected chi connectivity index (χ3v) is 0.929. The third-order valence-electron chi connectivity index (χ3n) is 0.929. The molecule has 0 unspecified atom stereocenters. The van der Waals surface area contributed by atoms with E-state index in [0.717, 1.165) is 13.2 Å². The fourth-order valence-corrected chi connectivity index (χ4v) is 0.530. The van der Waals surface area contributed by atoms with Gasteiger partial charge in [0.15, 0.2) is 0 Å². The van der Waals surface area contributed by atoms with Crippen molar-refractivity contribution >= 4 is 0 Å². The molecule has 8 heavy (non-hydrogen) atoms. The highest BCUT2D eigenvalue weighted by molar-refractivity contribution is 4.86. The van der Waals surface area contributed by atoms with E-state index < -0.39 is 0 Å². The number of methoxy groups -OCH3 is 1. The molecular weight excluding hydrogens is 106 g/mol. The molecule has 0 saturated carbocycles. The summed E-state index contributed by atoms with van der Waals surface area (Å²) in [5.41, 5.74) is 0. The maximum absolute atomic E-state index is 4.92. The second-order valence-corrected chi connectivity index (χ2v) is 1.48. The van der Waals surface area contributed by atoms with Crippen LogP contribution in [0.1, 0.15) is 0 Å². The SMILES string of the molecule is COC1=COCCN1. The molecule has 1 rings (SSSR count). The molecule has 1 N–H and O–H groups in total. The van der Waals surface area contributed by atoms with Gasteiger partial charge in [0.05, 0.1) is 13.7 Å². The van der Waals surface area contributed by atoms with Gasteiger partial charge >= 0.3 is 0 Å². The summed E-state index contributed by atoms with van der Waals surface area (Å²) in [5, 5.41) is 2.98. The molecule has 0 saturated heterocycles. The van der Waals surface area contributed by atoms with Gasteiger partial charge in [0.25, 0.3) is 0 Å². The largest absolute Gasteiger partial charge is 0.494 e. The molecule has 1 heterocycles. The maximum atomic E-state index is 4.92. The molecule has 0 spiro atoms. The van der Waals surface area contributed by atoms with Gasteiger partial charge in [-0.3, -0.25) is 0 Å². The Hall–Kier alpha value is -0.860. The zero-order valence-corrected chi connectivity index (χ0v) is 4.81. The van der Waals surface area contributed by atoms with Gasteiger partial charge in [0, 0.05) is 0 Å². The first-order valence-electron chi connectivity index (χ1n) is 2.53. The standard InChI is InChI=1S/C5H9NO2/c1-7-5-4-8-3-2-6-5/h4,6H,2-3H2,1H3. The van der Waals surface area contributed by atoms with E-state index >= 15 is 0 Å². The van der Waals surface area contributed by atoms with Gasteiger partial charge < -0.3 is 14.8 Å². The highest BCUT2D eigenvalue weighted by Crippen LogP contribution is 1.94. The van der Waals surface area contributed by atoms with E-state index in [1.165, 1.54) is 0 Å². The minimum atomic E-state index is 0.705. The molecule has 3 nitrogen and oxygen atoms in total. The number of rotatable bonds is 1. The van der Waals surface area contributed by atoms with Crippen LogP contribution < -0.4 is 5.32 Å². The van der Waals surface area contributed by atoms with E-state index in [0.29, 0.717) is 5.88 Å². The normalized spacial score (nSPS) is 17.9. The van der Waals surface area contributed by atoms with E-state index in [1.54, 1.807) is 13.4 Å². The molecule has 0 bridgehead atoms. The van der Waals surface area contributed by atoms with Crippen LogP contribution in [0.5, 0.6) is 0 Å². The Morgan fingerprint density at radius 1 is 1.88 bits per heavy atom. The van der Waals surface area contributed by atoms with Crippen LogP contribution in [0.15, 0.2) is 12.1 Å². The lowest BCUT2D eigenvalue weighted by Crippen LogP contribution is -2.23. The first kappa shape index (κ1) is 5.28. The molecule has 0 aliphatic carbocycles. The number of ether oxygens (including phenoxy) is 2. The molecule has 0 radical (unpaired) electrons. The minimum absolute atomic E-state index is 0.705. The maximum Gasteiger partial charge on any atom is 0.222 e. The number of hydrogen-bond donors (Lipinski definition) is 1. The van der Waals surface area contributed by atoms with E-state index in [1.807, 2.05) is 0 Å². The lowest BCUT2D eigenvalue weighted by atomic mass is 10.6. The fourth-order valence-electron chi connectivity index (χ4n) is 0.530. The van der Waals surface area contributed by atoms with Crippen LogP contribution >= 0.6 is 0 Å². The predicted molar refractivity (Wildman–Crippen MR) is 29.0 cm³/mol. The number of hydrogen-bond acceptors (Lipinski definition) is 3. The van der Waals surface area contributed by atoms with Crippen molar-refractivity contribution in [2.24, 2.45) is 0 Å². The van der Waals surface area contributed by atoms with Gasteiger partial charge in [0.1, 0.15) is 12.9 Å². The summed E-state index contributed by atoms with van der Waals surface area (Å²) >= 11 is 0. The van der Waals surface area contributed by atoms with Crippen LogP contribution in [-0.2, 0) is 9.47 Å². The van der Waals surface area contributed by atoms with Gasteiger partial charge in [-0.1, -0.05) is 0 Å². The van der Waals surface area contributed by atoms with Crippen LogP contribution in [-0.4, -0.2) is 20.3 Å². The predicted octanol–water partition coefficient (Wildman–Crippen LogP) is 0.0515. The summed E-state index contributed by atoms with van der Waals surface area (Å²) in [7, 11) is 1.60. The van der Waals surface area contributed by atoms with Gasteiger partial charge in [0.2, 0.25) is 5.88 Å². The van der Waals surface area contributed by atoms with E-state index in [9.17, 15) is 0 Å². The molecule has 0 aromatic carbocycles. The summed E-state index contributed by atoms with van der Waals surface area (Å²) in [6, 6.07) is 0. The van der Waals surface area contributed by atoms with Crippen LogP contribution in [0.4, 0.5) is 0 Å². The average molecular weight is 115 g/mol. The second kappa shape index (κ2) is 2.45. The highest BCUT2D eigenvalue weighted by atomic mass is 16.5. The first-order valence-corrected chi connectivity index (χ1v) is 2.53. The Balaban J connectivity index is 2.37. The Morgan fingerprint density at radius 2 is 2.75 bits per heavy atom. The third kappa shape index (κ3) is 1.05. The van der Waals surface area contributed by atoms with Gasteiger partial charge in [-0.05, 0) is 0 Å². The van der Waals surface area contributed by atoms with E-state index in [4.69, 9.17) is 9.47 Å². The molecule has 0 amide bonds. The molecule has 0 atom stereocenters. The summed E-state index contributed by atoms with van der Waals surface area (Å²) in [6.07, 6.45) is 1.57. The fraction of sp³-hybridized carbons (Fsp3) is 0.600. The van der Waals surface area contributed by atoms with Gasteiger partial charge in [-0.2, -0.15) is 0 Å². The highest BCUT2D eigenvalue weighted by Gasteiger charge is 1.98. The van der Waals surface area contributed by atoms with Crippen LogP contribution in [0.25, 0.3) is 0 Å². The average Bonchev–Trinajstić information content (AvgIpc) is 1.90. The first-order chi connectivity index (χ1) is 3.93. The number of nitrogens with one attached hydrogen (secondary N) is 1. The molecular formula is C5H9NO2. The zero-order chi connectivity index (χ0) is 5.82. The second-order valence-electron chi connectivity index (χ2n) is 1.48. The Morgan fingerprint density at radius 3 is 3.12 bits per heavy atom. The summed E-state index contributed by atoms with van der Waals surface area (Å²) in [6.45, 7) is 1.56. The van der Waals surface area contributed by atoms with Crippen molar-refractivity contribution in [3.05, 3.63) is 12.1 Å². The molecule has 46 valence electrons. The molecule has 3 heteroatoms. The van der Waals surface area contributed by atoms with Gasteiger partial charge in [-0.15, -0.1) is 0 Å². The minimum Gasteiger partial charge on any atom is -0.494 e. The summed E-state index contributed by atoms with van der Waals surface area (Å²) < 4.78 is 9.74. The quantitative estimate of drug-likeness (QED) is 0.524. The summed E-state index contributed by atoms with van der Waals surface area (Å²) in [5.74, 6) is 0.705. The van der Waals surface area contributed by atoms with Crippen LogP contribution in [0, 0.1) is 0 Å². The molecule has 0 aromatic rings. The molecule has 0 aromatic heterocycles. The smallest absolute Gasteiger partial charge is 0.222 e. The topological polar surface area (TPSA) is 30.5 Å². The van der Waals surface area contributed by atoms with E-state index in [-0.39, 0.29) is 0 Å². The summed E-state index contributed by atoms with van der Waals surface area (Å²) in [4.78, 5) is 0. The monoisotopic (exact) mass is 115 g/mol.